The number of aromatic nitrogens is 3. The summed E-state index contributed by atoms with van der Waals surface area (Å²) in [4.78, 5) is 6.15. The number of thiazole rings is 1. The van der Waals surface area contributed by atoms with Gasteiger partial charge in [0, 0.05) is 30.6 Å². The van der Waals surface area contributed by atoms with Crippen molar-refractivity contribution in [2.75, 3.05) is 7.05 Å². The lowest BCUT2D eigenvalue weighted by atomic mass is 10.2. The maximum Gasteiger partial charge on any atom is 0.144 e. The minimum atomic E-state index is 0.701. The SMILES string of the molecule is CNCc1sc(-c2ccn(C)n2)nc1C1CC1. The second-order valence-electron chi connectivity index (χ2n) is 4.51. The highest BCUT2D eigenvalue weighted by atomic mass is 32.1. The Hall–Kier alpha value is -1.20. The average Bonchev–Trinajstić information content (AvgIpc) is 2.93. The summed E-state index contributed by atoms with van der Waals surface area (Å²) >= 11 is 1.77. The molecule has 17 heavy (non-hydrogen) atoms. The van der Waals surface area contributed by atoms with Gasteiger partial charge in [-0.1, -0.05) is 0 Å². The Morgan fingerprint density at radius 2 is 2.35 bits per heavy atom. The molecular weight excluding hydrogens is 232 g/mol. The molecule has 1 saturated carbocycles. The number of nitrogens with one attached hydrogen (secondary N) is 1. The molecule has 5 heteroatoms. The summed E-state index contributed by atoms with van der Waals surface area (Å²) in [6.07, 6.45) is 4.55. The predicted molar refractivity (Wildman–Crippen MR) is 69.1 cm³/mol. The van der Waals surface area contributed by atoms with Gasteiger partial charge in [0.15, 0.2) is 0 Å². The average molecular weight is 248 g/mol. The lowest BCUT2D eigenvalue weighted by molar-refractivity contribution is 0.770. The highest BCUT2D eigenvalue weighted by Gasteiger charge is 2.29. The summed E-state index contributed by atoms with van der Waals surface area (Å²) in [5.74, 6) is 0.701. The van der Waals surface area contributed by atoms with Crippen LogP contribution in [0.15, 0.2) is 12.3 Å². The zero-order valence-electron chi connectivity index (χ0n) is 10.1. The molecule has 1 fully saturated rings. The number of hydrogen-bond acceptors (Lipinski definition) is 4. The van der Waals surface area contributed by atoms with Crippen LogP contribution in [-0.2, 0) is 13.6 Å². The Balaban J connectivity index is 1.97. The number of aryl methyl sites for hydroxylation is 1. The van der Waals surface area contributed by atoms with E-state index in [9.17, 15) is 0 Å². The molecule has 90 valence electrons. The van der Waals surface area contributed by atoms with Gasteiger partial charge in [-0.15, -0.1) is 11.3 Å². The van der Waals surface area contributed by atoms with Crippen LogP contribution in [-0.4, -0.2) is 21.8 Å². The summed E-state index contributed by atoms with van der Waals surface area (Å²) in [5.41, 5.74) is 2.28. The van der Waals surface area contributed by atoms with Crippen LogP contribution in [0.3, 0.4) is 0 Å². The van der Waals surface area contributed by atoms with Crippen molar-refractivity contribution in [3.05, 3.63) is 22.8 Å². The summed E-state index contributed by atoms with van der Waals surface area (Å²) < 4.78 is 1.82. The van der Waals surface area contributed by atoms with Gasteiger partial charge < -0.3 is 5.32 Å². The van der Waals surface area contributed by atoms with E-state index in [0.29, 0.717) is 5.92 Å². The fraction of sp³-hybridized carbons (Fsp3) is 0.500. The van der Waals surface area contributed by atoms with Gasteiger partial charge in [0.2, 0.25) is 0 Å². The van der Waals surface area contributed by atoms with E-state index in [4.69, 9.17) is 4.98 Å². The van der Waals surface area contributed by atoms with E-state index < -0.39 is 0 Å². The molecule has 2 aromatic heterocycles. The maximum absolute atomic E-state index is 4.78. The maximum atomic E-state index is 4.78. The molecule has 0 saturated heterocycles. The Labute approximate surface area is 105 Å². The lowest BCUT2D eigenvalue weighted by Gasteiger charge is -1.97. The first kappa shape index (κ1) is 10.9. The van der Waals surface area contributed by atoms with Crippen LogP contribution < -0.4 is 5.32 Å². The molecule has 0 unspecified atom stereocenters. The van der Waals surface area contributed by atoms with Crippen LogP contribution in [0, 0.1) is 0 Å². The quantitative estimate of drug-likeness (QED) is 0.901. The van der Waals surface area contributed by atoms with Crippen molar-refractivity contribution in [2.24, 2.45) is 7.05 Å². The molecule has 2 heterocycles. The van der Waals surface area contributed by atoms with Crippen molar-refractivity contribution < 1.29 is 0 Å². The van der Waals surface area contributed by atoms with E-state index in [1.54, 1.807) is 11.3 Å². The van der Waals surface area contributed by atoms with E-state index in [-0.39, 0.29) is 0 Å². The van der Waals surface area contributed by atoms with Gasteiger partial charge in [0.1, 0.15) is 10.7 Å². The van der Waals surface area contributed by atoms with Gasteiger partial charge in [0.05, 0.1) is 5.69 Å². The summed E-state index contributed by atoms with van der Waals surface area (Å²) in [5, 5.41) is 8.69. The fourth-order valence-corrected chi connectivity index (χ4v) is 3.09. The molecule has 0 radical (unpaired) electrons. The minimum Gasteiger partial charge on any atom is -0.315 e. The first-order chi connectivity index (χ1) is 8.28. The normalized spacial score (nSPS) is 15.4. The molecule has 3 rings (SSSR count). The van der Waals surface area contributed by atoms with E-state index in [0.717, 1.165) is 17.2 Å². The highest BCUT2D eigenvalue weighted by molar-refractivity contribution is 7.15. The molecule has 0 atom stereocenters. The third-order valence-corrected chi connectivity index (χ3v) is 4.06. The highest BCUT2D eigenvalue weighted by Crippen LogP contribution is 2.43. The zero-order valence-corrected chi connectivity index (χ0v) is 10.9. The van der Waals surface area contributed by atoms with Crippen LogP contribution in [0.25, 0.3) is 10.7 Å². The summed E-state index contributed by atoms with van der Waals surface area (Å²) in [7, 11) is 3.92. The standard InChI is InChI=1S/C12H16N4S/c1-13-7-10-11(8-3-4-8)14-12(17-10)9-5-6-16(2)15-9/h5-6,8,13H,3-4,7H2,1-2H3. The van der Waals surface area contributed by atoms with Crippen LogP contribution in [0.2, 0.25) is 0 Å². The third-order valence-electron chi connectivity index (χ3n) is 2.96. The van der Waals surface area contributed by atoms with Crippen molar-refractivity contribution in [3.63, 3.8) is 0 Å². The van der Waals surface area contributed by atoms with E-state index in [1.165, 1.54) is 23.4 Å². The molecule has 0 aliphatic heterocycles. The van der Waals surface area contributed by atoms with E-state index >= 15 is 0 Å². The molecule has 1 aliphatic rings. The van der Waals surface area contributed by atoms with Gasteiger partial charge in [-0.3, -0.25) is 4.68 Å². The first-order valence-electron chi connectivity index (χ1n) is 5.92. The number of hydrogen-bond donors (Lipinski definition) is 1. The minimum absolute atomic E-state index is 0.701. The second kappa shape index (κ2) is 4.23. The van der Waals surface area contributed by atoms with Crippen LogP contribution >= 0.6 is 11.3 Å². The van der Waals surface area contributed by atoms with Crippen molar-refractivity contribution in [2.45, 2.75) is 25.3 Å². The Morgan fingerprint density at radius 1 is 1.53 bits per heavy atom. The molecule has 1 N–H and O–H groups in total. The third kappa shape index (κ3) is 2.12. The summed E-state index contributed by atoms with van der Waals surface area (Å²) in [6, 6.07) is 2.03. The summed E-state index contributed by atoms with van der Waals surface area (Å²) in [6.45, 7) is 0.913. The van der Waals surface area contributed by atoms with E-state index in [1.807, 2.05) is 31.0 Å². The van der Waals surface area contributed by atoms with Gasteiger partial charge in [0.25, 0.3) is 0 Å². The molecule has 0 bridgehead atoms. The predicted octanol–water partition coefficient (Wildman–Crippen LogP) is 2.14. The lowest BCUT2D eigenvalue weighted by Crippen LogP contribution is -2.05. The Morgan fingerprint density at radius 3 is 2.94 bits per heavy atom. The monoisotopic (exact) mass is 248 g/mol. The molecule has 0 amide bonds. The second-order valence-corrected chi connectivity index (χ2v) is 5.59. The van der Waals surface area contributed by atoms with Crippen LogP contribution in [0.5, 0.6) is 0 Å². The Bertz CT molecular complexity index is 524. The first-order valence-corrected chi connectivity index (χ1v) is 6.74. The van der Waals surface area contributed by atoms with Crippen molar-refractivity contribution in [1.82, 2.24) is 20.1 Å². The largest absolute Gasteiger partial charge is 0.315 e. The topological polar surface area (TPSA) is 42.7 Å². The number of rotatable bonds is 4. The van der Waals surface area contributed by atoms with Crippen molar-refractivity contribution >= 4 is 11.3 Å². The molecule has 2 aromatic rings. The van der Waals surface area contributed by atoms with Gasteiger partial charge in [-0.05, 0) is 26.0 Å². The molecule has 1 aliphatic carbocycles. The van der Waals surface area contributed by atoms with Gasteiger partial charge in [-0.25, -0.2) is 4.98 Å². The molecule has 0 spiro atoms. The molecule has 4 nitrogen and oxygen atoms in total. The molecular formula is C12H16N4S. The van der Waals surface area contributed by atoms with Gasteiger partial charge in [-0.2, -0.15) is 5.10 Å². The zero-order chi connectivity index (χ0) is 11.8. The van der Waals surface area contributed by atoms with Crippen LogP contribution in [0.4, 0.5) is 0 Å². The van der Waals surface area contributed by atoms with E-state index in [2.05, 4.69) is 10.4 Å². The van der Waals surface area contributed by atoms with Crippen molar-refractivity contribution in [3.8, 4) is 10.7 Å². The fourth-order valence-electron chi connectivity index (χ4n) is 1.97. The molecule has 0 aromatic carbocycles. The van der Waals surface area contributed by atoms with Crippen molar-refractivity contribution in [1.29, 1.82) is 0 Å². The Kier molecular flexibility index (Phi) is 2.72. The number of nitrogens with zero attached hydrogens (tertiary/aromatic N) is 3. The van der Waals surface area contributed by atoms with Gasteiger partial charge >= 0.3 is 0 Å². The smallest absolute Gasteiger partial charge is 0.144 e. The van der Waals surface area contributed by atoms with Crippen LogP contribution in [0.1, 0.15) is 29.3 Å².